The SMILES string of the molecule is CC(C)c1c(N)noc1-c1ccc2c(c1)COC2. The summed E-state index contributed by atoms with van der Waals surface area (Å²) in [6.45, 7) is 5.54. The minimum absolute atomic E-state index is 0.288. The van der Waals surface area contributed by atoms with Crippen molar-refractivity contribution >= 4 is 5.82 Å². The van der Waals surface area contributed by atoms with Crippen LogP contribution in [0, 0.1) is 0 Å². The largest absolute Gasteiger partial charge is 0.381 e. The third-order valence-corrected chi connectivity index (χ3v) is 3.32. The summed E-state index contributed by atoms with van der Waals surface area (Å²) in [5.74, 6) is 1.55. The second kappa shape index (κ2) is 4.14. The van der Waals surface area contributed by atoms with Crippen LogP contribution in [-0.2, 0) is 18.0 Å². The van der Waals surface area contributed by atoms with Gasteiger partial charge in [0.25, 0.3) is 0 Å². The molecular formula is C14H16N2O2. The fraction of sp³-hybridized carbons (Fsp3) is 0.357. The Morgan fingerprint density at radius 1 is 1.22 bits per heavy atom. The minimum atomic E-state index is 0.288. The highest BCUT2D eigenvalue weighted by Crippen LogP contribution is 2.35. The third kappa shape index (κ3) is 1.69. The van der Waals surface area contributed by atoms with Gasteiger partial charge in [-0.25, -0.2) is 0 Å². The molecule has 0 unspecified atom stereocenters. The second-order valence-electron chi connectivity index (χ2n) is 4.94. The molecule has 2 heterocycles. The summed E-state index contributed by atoms with van der Waals surface area (Å²) in [6, 6.07) is 6.23. The molecule has 0 radical (unpaired) electrons. The summed E-state index contributed by atoms with van der Waals surface area (Å²) < 4.78 is 10.8. The standard InChI is InChI=1S/C14H16N2O2/c1-8(2)12-13(18-16-14(12)15)9-3-4-10-6-17-7-11(10)5-9/h3-5,8H,6-7H2,1-2H3,(H2,15,16). The summed E-state index contributed by atoms with van der Waals surface area (Å²) in [5, 5.41) is 3.88. The van der Waals surface area contributed by atoms with Gasteiger partial charge in [0.1, 0.15) is 0 Å². The molecule has 94 valence electrons. The number of ether oxygens (including phenoxy) is 1. The summed E-state index contributed by atoms with van der Waals surface area (Å²) in [7, 11) is 0. The smallest absolute Gasteiger partial charge is 0.172 e. The monoisotopic (exact) mass is 244 g/mol. The van der Waals surface area contributed by atoms with Gasteiger partial charge in [-0.2, -0.15) is 0 Å². The van der Waals surface area contributed by atoms with Crippen molar-refractivity contribution in [1.29, 1.82) is 0 Å². The predicted molar refractivity (Wildman–Crippen MR) is 68.9 cm³/mol. The first kappa shape index (κ1) is 11.3. The molecule has 18 heavy (non-hydrogen) atoms. The van der Waals surface area contributed by atoms with Crippen molar-refractivity contribution in [2.75, 3.05) is 5.73 Å². The van der Waals surface area contributed by atoms with Crippen LogP contribution in [-0.4, -0.2) is 5.16 Å². The van der Waals surface area contributed by atoms with Crippen LogP contribution in [0.3, 0.4) is 0 Å². The zero-order chi connectivity index (χ0) is 12.7. The average Bonchev–Trinajstić information content (AvgIpc) is 2.93. The number of anilines is 1. The van der Waals surface area contributed by atoms with Gasteiger partial charge in [-0.15, -0.1) is 0 Å². The molecule has 0 aliphatic carbocycles. The maximum absolute atomic E-state index is 5.86. The van der Waals surface area contributed by atoms with Gasteiger partial charge in [0.05, 0.1) is 13.2 Å². The van der Waals surface area contributed by atoms with Gasteiger partial charge < -0.3 is 15.0 Å². The third-order valence-electron chi connectivity index (χ3n) is 3.32. The first-order valence-corrected chi connectivity index (χ1v) is 6.11. The number of nitrogen functional groups attached to an aromatic ring is 1. The van der Waals surface area contributed by atoms with Crippen LogP contribution in [0.15, 0.2) is 22.7 Å². The molecule has 0 spiro atoms. The fourth-order valence-electron chi connectivity index (χ4n) is 2.39. The Labute approximate surface area is 106 Å². The number of fused-ring (bicyclic) bond motifs is 1. The Bertz CT molecular complexity index is 587. The maximum atomic E-state index is 5.86. The second-order valence-corrected chi connectivity index (χ2v) is 4.94. The number of nitrogens with two attached hydrogens (primary N) is 1. The zero-order valence-corrected chi connectivity index (χ0v) is 10.6. The maximum Gasteiger partial charge on any atom is 0.172 e. The summed E-state index contributed by atoms with van der Waals surface area (Å²) in [4.78, 5) is 0. The highest BCUT2D eigenvalue weighted by Gasteiger charge is 2.20. The van der Waals surface area contributed by atoms with Crippen LogP contribution in [0.25, 0.3) is 11.3 Å². The van der Waals surface area contributed by atoms with Crippen LogP contribution in [0.5, 0.6) is 0 Å². The highest BCUT2D eigenvalue weighted by atomic mass is 16.5. The molecule has 1 aromatic heterocycles. The van der Waals surface area contributed by atoms with E-state index >= 15 is 0 Å². The Balaban J connectivity index is 2.10. The van der Waals surface area contributed by atoms with Gasteiger partial charge in [-0.3, -0.25) is 0 Å². The van der Waals surface area contributed by atoms with Gasteiger partial charge >= 0.3 is 0 Å². The van der Waals surface area contributed by atoms with E-state index in [1.165, 1.54) is 11.1 Å². The van der Waals surface area contributed by atoms with E-state index in [1.54, 1.807) is 0 Å². The molecule has 1 aliphatic rings. The zero-order valence-electron chi connectivity index (χ0n) is 10.6. The van der Waals surface area contributed by atoms with Crippen molar-refractivity contribution in [2.24, 2.45) is 0 Å². The Kier molecular flexibility index (Phi) is 2.59. The lowest BCUT2D eigenvalue weighted by Crippen LogP contribution is -1.95. The van der Waals surface area contributed by atoms with Crippen molar-refractivity contribution in [3.63, 3.8) is 0 Å². The average molecular weight is 244 g/mol. The van der Waals surface area contributed by atoms with E-state index < -0.39 is 0 Å². The van der Waals surface area contributed by atoms with E-state index in [1.807, 2.05) is 6.07 Å². The van der Waals surface area contributed by atoms with Crippen molar-refractivity contribution in [3.05, 3.63) is 34.9 Å². The number of benzene rings is 1. The predicted octanol–water partition coefficient (Wildman–Crippen LogP) is 3.08. The Hall–Kier alpha value is -1.81. The molecule has 3 rings (SSSR count). The number of rotatable bonds is 2. The van der Waals surface area contributed by atoms with Crippen molar-refractivity contribution in [3.8, 4) is 11.3 Å². The van der Waals surface area contributed by atoms with Crippen LogP contribution < -0.4 is 5.73 Å². The normalized spacial score (nSPS) is 14.2. The van der Waals surface area contributed by atoms with E-state index in [0.717, 1.165) is 16.9 Å². The molecule has 0 saturated heterocycles. The molecule has 0 saturated carbocycles. The summed E-state index contributed by atoms with van der Waals surface area (Å²) in [5.41, 5.74) is 10.3. The van der Waals surface area contributed by atoms with Gasteiger partial charge in [-0.1, -0.05) is 31.1 Å². The van der Waals surface area contributed by atoms with Gasteiger partial charge in [0.2, 0.25) is 0 Å². The van der Waals surface area contributed by atoms with Crippen molar-refractivity contribution in [2.45, 2.75) is 33.0 Å². The molecule has 0 atom stereocenters. The molecule has 2 N–H and O–H groups in total. The Morgan fingerprint density at radius 2 is 2.00 bits per heavy atom. The topological polar surface area (TPSA) is 61.3 Å². The van der Waals surface area contributed by atoms with E-state index in [0.29, 0.717) is 19.0 Å². The number of nitrogens with zero attached hydrogens (tertiary/aromatic N) is 1. The number of hydrogen-bond donors (Lipinski definition) is 1. The van der Waals surface area contributed by atoms with Gasteiger partial charge in [-0.05, 0) is 23.1 Å². The molecule has 4 nitrogen and oxygen atoms in total. The van der Waals surface area contributed by atoms with Crippen LogP contribution in [0.4, 0.5) is 5.82 Å². The van der Waals surface area contributed by atoms with E-state index in [2.05, 4.69) is 31.1 Å². The molecule has 4 heteroatoms. The van der Waals surface area contributed by atoms with Crippen LogP contribution in [0.2, 0.25) is 0 Å². The minimum Gasteiger partial charge on any atom is -0.381 e. The lowest BCUT2D eigenvalue weighted by Gasteiger charge is -2.06. The summed E-state index contributed by atoms with van der Waals surface area (Å²) >= 11 is 0. The molecule has 1 aliphatic heterocycles. The molecule has 0 amide bonds. The molecule has 0 fully saturated rings. The highest BCUT2D eigenvalue weighted by molar-refractivity contribution is 5.68. The number of hydrogen-bond acceptors (Lipinski definition) is 4. The van der Waals surface area contributed by atoms with Gasteiger partial charge in [0.15, 0.2) is 11.6 Å². The summed E-state index contributed by atoms with van der Waals surface area (Å²) in [6.07, 6.45) is 0. The molecule has 0 bridgehead atoms. The first-order valence-electron chi connectivity index (χ1n) is 6.11. The van der Waals surface area contributed by atoms with Crippen LogP contribution >= 0.6 is 0 Å². The first-order chi connectivity index (χ1) is 8.66. The number of aromatic nitrogens is 1. The van der Waals surface area contributed by atoms with Crippen molar-refractivity contribution in [1.82, 2.24) is 5.16 Å². The molecule has 1 aromatic carbocycles. The Morgan fingerprint density at radius 3 is 2.78 bits per heavy atom. The van der Waals surface area contributed by atoms with Crippen molar-refractivity contribution < 1.29 is 9.26 Å². The lowest BCUT2D eigenvalue weighted by atomic mass is 9.97. The van der Waals surface area contributed by atoms with E-state index in [4.69, 9.17) is 15.0 Å². The van der Waals surface area contributed by atoms with Crippen LogP contribution in [0.1, 0.15) is 36.5 Å². The fourth-order valence-corrected chi connectivity index (χ4v) is 2.39. The lowest BCUT2D eigenvalue weighted by molar-refractivity contribution is 0.134. The van der Waals surface area contributed by atoms with E-state index in [9.17, 15) is 0 Å². The van der Waals surface area contributed by atoms with Gasteiger partial charge in [0, 0.05) is 11.1 Å². The van der Waals surface area contributed by atoms with E-state index in [-0.39, 0.29) is 5.92 Å². The quantitative estimate of drug-likeness (QED) is 0.881. The molecule has 2 aromatic rings. The molecular weight excluding hydrogens is 228 g/mol.